The fourth-order valence-corrected chi connectivity index (χ4v) is 2.65. The third-order valence-corrected chi connectivity index (χ3v) is 4.18. The number of carbonyl (C=O) groups excluding carboxylic acids is 2. The van der Waals surface area contributed by atoms with Crippen molar-refractivity contribution >= 4 is 47.8 Å². The van der Waals surface area contributed by atoms with Crippen molar-refractivity contribution in [2.45, 2.75) is 0 Å². The van der Waals surface area contributed by atoms with Gasteiger partial charge in [-0.05, 0) is 24.3 Å². The van der Waals surface area contributed by atoms with Gasteiger partial charge in [-0.15, -0.1) is 0 Å². The Morgan fingerprint density at radius 2 is 2.13 bits per heavy atom. The average molecular weight is 351 g/mol. The number of benzene rings is 1. The van der Waals surface area contributed by atoms with Gasteiger partial charge in [0.2, 0.25) is 0 Å². The van der Waals surface area contributed by atoms with Crippen LogP contribution in [0.3, 0.4) is 0 Å². The Labute approximate surface area is 145 Å². The molecule has 8 heteroatoms. The van der Waals surface area contributed by atoms with Gasteiger partial charge in [0.15, 0.2) is 0 Å². The molecule has 0 bridgehead atoms. The van der Waals surface area contributed by atoms with Gasteiger partial charge >= 0.3 is 0 Å². The van der Waals surface area contributed by atoms with Crippen LogP contribution in [-0.4, -0.2) is 43.2 Å². The summed E-state index contributed by atoms with van der Waals surface area (Å²) in [5.74, 6) is -0.116. The summed E-state index contributed by atoms with van der Waals surface area (Å²) in [6, 6.07) is 9.11. The molecule has 0 aromatic heterocycles. The molecular weight excluding hydrogens is 334 g/mol. The molecule has 1 aromatic carbocycles. The van der Waals surface area contributed by atoms with E-state index in [2.05, 4.69) is 31.3 Å². The number of nitrogens with zero attached hydrogens (tertiary/aromatic N) is 3. The molecule has 122 valence electrons. The van der Waals surface area contributed by atoms with Crippen LogP contribution in [0.1, 0.15) is 0 Å². The fourth-order valence-electron chi connectivity index (χ4n) is 2.26. The number of morpholine rings is 1. The summed E-state index contributed by atoms with van der Waals surface area (Å²) in [6.07, 6.45) is 0. The van der Waals surface area contributed by atoms with Crippen LogP contribution in [-0.2, 0) is 9.53 Å². The maximum atomic E-state index is 11.8. The van der Waals surface area contributed by atoms with Crippen LogP contribution in [0, 0.1) is 17.2 Å². The molecule has 0 N–H and O–H groups in total. The zero-order valence-electron chi connectivity index (χ0n) is 12.4. The number of carbonyl (C=O) groups is 2. The molecule has 1 atom stereocenters. The number of hydrogen-bond donors (Lipinski definition) is 2. The van der Waals surface area contributed by atoms with E-state index in [-0.39, 0.29) is 25.0 Å². The van der Waals surface area contributed by atoms with E-state index in [4.69, 9.17) is 10.00 Å². The quantitative estimate of drug-likeness (QED) is 0.796. The largest absolute Gasteiger partial charge is 0.370 e. The summed E-state index contributed by atoms with van der Waals surface area (Å²) in [5.41, 5.74) is 1.37. The zero-order valence-corrected chi connectivity index (χ0v) is 14.2. The second kappa shape index (κ2) is 8.24. The van der Waals surface area contributed by atoms with E-state index in [9.17, 15) is 9.59 Å². The molecule has 1 saturated heterocycles. The van der Waals surface area contributed by atoms with E-state index in [1.807, 2.05) is 0 Å². The number of hydrogen-bond acceptors (Lipinski definition) is 5. The molecule has 23 heavy (non-hydrogen) atoms. The van der Waals surface area contributed by atoms with Gasteiger partial charge in [0, 0.05) is 30.2 Å². The Balaban J connectivity index is 2.17. The smallest absolute Gasteiger partial charge is 0.283 e. The van der Waals surface area contributed by atoms with Gasteiger partial charge in [-0.2, -0.15) is 17.9 Å². The molecule has 2 amide bonds. The van der Waals surface area contributed by atoms with Crippen LogP contribution >= 0.6 is 25.3 Å². The minimum Gasteiger partial charge on any atom is -0.370 e. The highest BCUT2D eigenvalue weighted by atomic mass is 32.1. The van der Waals surface area contributed by atoms with Crippen LogP contribution in [0.2, 0.25) is 0 Å². The molecule has 0 aliphatic carbocycles. The van der Waals surface area contributed by atoms with Gasteiger partial charge in [0.05, 0.1) is 18.6 Å². The number of ether oxygens (including phenoxy) is 1. The topological polar surface area (TPSA) is 73.6 Å². The monoisotopic (exact) mass is 351 g/mol. The molecule has 0 radical (unpaired) electrons. The van der Waals surface area contributed by atoms with Crippen molar-refractivity contribution in [3.05, 3.63) is 24.3 Å². The van der Waals surface area contributed by atoms with E-state index < -0.39 is 5.24 Å². The number of nitriles is 1. The molecular formula is C15H17N3O3S2. The Hall–Kier alpha value is -1.69. The third-order valence-electron chi connectivity index (χ3n) is 3.50. The second-order valence-corrected chi connectivity index (χ2v) is 5.76. The van der Waals surface area contributed by atoms with Crippen LogP contribution in [0.5, 0.6) is 0 Å². The lowest BCUT2D eigenvalue weighted by atomic mass is 10.1. The summed E-state index contributed by atoms with van der Waals surface area (Å²) >= 11 is 7.98. The van der Waals surface area contributed by atoms with Crippen LogP contribution in [0.15, 0.2) is 24.3 Å². The number of thiol groups is 2. The van der Waals surface area contributed by atoms with E-state index in [0.717, 1.165) is 5.69 Å². The van der Waals surface area contributed by atoms with Crippen molar-refractivity contribution in [2.75, 3.05) is 41.9 Å². The minimum atomic E-state index is -0.442. The molecule has 1 unspecified atom stereocenters. The Bertz CT molecular complexity index is 615. The highest BCUT2D eigenvalue weighted by Crippen LogP contribution is 2.24. The van der Waals surface area contributed by atoms with Gasteiger partial charge < -0.3 is 14.5 Å². The van der Waals surface area contributed by atoms with Gasteiger partial charge in [-0.1, -0.05) is 12.6 Å². The summed E-state index contributed by atoms with van der Waals surface area (Å²) in [7, 11) is 0. The zero-order chi connectivity index (χ0) is 16.8. The highest BCUT2D eigenvalue weighted by molar-refractivity contribution is 7.96. The van der Waals surface area contributed by atoms with Gasteiger partial charge in [-0.25, -0.2) is 0 Å². The van der Waals surface area contributed by atoms with Crippen LogP contribution < -0.4 is 9.80 Å². The Kier molecular flexibility index (Phi) is 6.33. The van der Waals surface area contributed by atoms with Crippen molar-refractivity contribution in [1.29, 1.82) is 5.26 Å². The first-order valence-corrected chi connectivity index (χ1v) is 8.14. The van der Waals surface area contributed by atoms with Gasteiger partial charge in [-0.3, -0.25) is 9.59 Å². The number of rotatable bonds is 5. The fraction of sp³-hybridized carbons (Fsp3) is 0.400. The molecule has 1 aromatic rings. The lowest BCUT2D eigenvalue weighted by molar-refractivity contribution is -0.125. The molecule has 1 aliphatic heterocycles. The maximum Gasteiger partial charge on any atom is 0.283 e. The second-order valence-electron chi connectivity index (χ2n) is 5.02. The number of amides is 2. The molecule has 2 rings (SSSR count). The highest BCUT2D eigenvalue weighted by Gasteiger charge is 2.21. The Morgan fingerprint density at radius 1 is 1.43 bits per heavy atom. The van der Waals surface area contributed by atoms with E-state index in [1.54, 1.807) is 29.2 Å². The molecule has 0 saturated carbocycles. The maximum absolute atomic E-state index is 11.8. The normalized spacial score (nSPS) is 15.9. The molecule has 6 nitrogen and oxygen atoms in total. The van der Waals surface area contributed by atoms with E-state index in [1.165, 1.54) is 4.90 Å². The predicted molar refractivity (Wildman–Crippen MR) is 94.3 cm³/mol. The van der Waals surface area contributed by atoms with E-state index in [0.29, 0.717) is 24.6 Å². The van der Waals surface area contributed by atoms with Crippen molar-refractivity contribution in [3.8, 4) is 6.07 Å². The summed E-state index contributed by atoms with van der Waals surface area (Å²) < 4.78 is 5.10. The molecule has 1 heterocycles. The molecule has 1 fully saturated rings. The van der Waals surface area contributed by atoms with Crippen molar-refractivity contribution in [2.24, 2.45) is 5.92 Å². The summed E-state index contributed by atoms with van der Waals surface area (Å²) in [5, 5.41) is 8.59. The summed E-state index contributed by atoms with van der Waals surface area (Å²) in [6.45, 7) is 1.30. The summed E-state index contributed by atoms with van der Waals surface area (Å²) in [4.78, 5) is 26.6. The van der Waals surface area contributed by atoms with Crippen LogP contribution in [0.25, 0.3) is 0 Å². The lowest BCUT2D eigenvalue weighted by Crippen LogP contribution is -2.41. The average Bonchev–Trinajstić information content (AvgIpc) is 2.56. The van der Waals surface area contributed by atoms with Gasteiger partial charge in [0.1, 0.15) is 6.61 Å². The first-order chi connectivity index (χ1) is 11.1. The van der Waals surface area contributed by atoms with Crippen molar-refractivity contribution in [1.82, 2.24) is 0 Å². The SMILES string of the molecule is N#CC(CS)CN(C(=O)S)c1ccc(N2CCOCC2=O)cc1. The first-order valence-electron chi connectivity index (χ1n) is 7.06. The van der Waals surface area contributed by atoms with E-state index >= 15 is 0 Å². The predicted octanol–water partition coefficient (Wildman–Crippen LogP) is 1.98. The lowest BCUT2D eigenvalue weighted by Gasteiger charge is -2.28. The van der Waals surface area contributed by atoms with Crippen LogP contribution in [0.4, 0.5) is 16.2 Å². The third kappa shape index (κ3) is 4.41. The van der Waals surface area contributed by atoms with Crippen molar-refractivity contribution in [3.63, 3.8) is 0 Å². The Morgan fingerprint density at radius 3 is 2.65 bits per heavy atom. The standard InChI is InChI=1S/C15H17N3O3S2/c16-7-11(10-22)8-18(15(20)23)13-3-1-12(2-4-13)17-5-6-21-9-14(17)19/h1-4,11,22H,5-6,8-10H2,(H,20,23). The number of anilines is 2. The molecule has 0 spiro atoms. The van der Waals surface area contributed by atoms with Gasteiger partial charge in [0.25, 0.3) is 11.1 Å². The minimum absolute atomic E-state index is 0.0782. The molecule has 1 aliphatic rings. The first kappa shape index (κ1) is 17.7. The van der Waals surface area contributed by atoms with Crippen molar-refractivity contribution < 1.29 is 14.3 Å².